The van der Waals surface area contributed by atoms with E-state index in [4.69, 9.17) is 4.42 Å². The zero-order valence-corrected chi connectivity index (χ0v) is 12.7. The van der Waals surface area contributed by atoms with Crippen molar-refractivity contribution in [2.45, 2.75) is 13.3 Å². The monoisotopic (exact) mass is 312 g/mol. The van der Waals surface area contributed by atoms with E-state index < -0.39 is 10.8 Å². The third kappa shape index (κ3) is 3.15. The van der Waals surface area contributed by atoms with Gasteiger partial charge in [0.05, 0.1) is 6.07 Å². The lowest BCUT2D eigenvalue weighted by Gasteiger charge is -2.26. The minimum absolute atomic E-state index is 0.00380. The standard InChI is InChI=1S/C17H16N2O4/c1-12-3-2-4-14(11-12)13-7-9-18(10-8-13)17(20)15-5-6-16(23-15)19(21)22/h2-7,11H,8-10H2,1H3. The summed E-state index contributed by atoms with van der Waals surface area (Å²) >= 11 is 0. The molecular weight excluding hydrogens is 296 g/mol. The van der Waals surface area contributed by atoms with Gasteiger partial charge in [-0.15, -0.1) is 0 Å². The van der Waals surface area contributed by atoms with E-state index >= 15 is 0 Å². The van der Waals surface area contributed by atoms with E-state index in [1.165, 1.54) is 28.8 Å². The molecule has 0 atom stereocenters. The van der Waals surface area contributed by atoms with E-state index in [2.05, 4.69) is 12.1 Å². The number of aryl methyl sites for hydroxylation is 1. The molecule has 3 rings (SSSR count). The van der Waals surface area contributed by atoms with Gasteiger partial charge in [-0.25, -0.2) is 0 Å². The Balaban J connectivity index is 1.72. The minimum atomic E-state index is -0.650. The highest BCUT2D eigenvalue weighted by molar-refractivity contribution is 5.92. The highest BCUT2D eigenvalue weighted by Crippen LogP contribution is 2.25. The van der Waals surface area contributed by atoms with Gasteiger partial charge in [0.25, 0.3) is 5.91 Å². The van der Waals surface area contributed by atoms with Crippen molar-refractivity contribution in [2.24, 2.45) is 0 Å². The maximum absolute atomic E-state index is 12.3. The van der Waals surface area contributed by atoms with Crippen LogP contribution in [-0.2, 0) is 0 Å². The number of hydrogen-bond donors (Lipinski definition) is 0. The summed E-state index contributed by atoms with van der Waals surface area (Å²) in [5.41, 5.74) is 3.58. The number of furan rings is 1. The Morgan fingerprint density at radius 1 is 1.30 bits per heavy atom. The molecule has 1 aliphatic heterocycles. The van der Waals surface area contributed by atoms with Crippen LogP contribution in [0.3, 0.4) is 0 Å². The molecular formula is C17H16N2O4. The predicted octanol–water partition coefficient (Wildman–Crippen LogP) is 3.43. The first-order valence-corrected chi connectivity index (χ1v) is 7.34. The van der Waals surface area contributed by atoms with Crippen LogP contribution in [-0.4, -0.2) is 28.8 Å². The zero-order valence-electron chi connectivity index (χ0n) is 12.7. The van der Waals surface area contributed by atoms with Crippen molar-refractivity contribution in [1.82, 2.24) is 4.90 Å². The Morgan fingerprint density at radius 3 is 2.74 bits per heavy atom. The third-order valence-corrected chi connectivity index (χ3v) is 3.87. The largest absolute Gasteiger partial charge is 0.433 e. The van der Waals surface area contributed by atoms with Crippen LogP contribution in [0.15, 0.2) is 46.9 Å². The highest BCUT2D eigenvalue weighted by Gasteiger charge is 2.24. The topological polar surface area (TPSA) is 76.6 Å². The molecule has 0 bridgehead atoms. The molecule has 1 aliphatic rings. The summed E-state index contributed by atoms with van der Waals surface area (Å²) in [6, 6.07) is 10.8. The maximum Gasteiger partial charge on any atom is 0.433 e. The first kappa shape index (κ1) is 15.0. The summed E-state index contributed by atoms with van der Waals surface area (Å²) < 4.78 is 4.98. The molecule has 0 saturated heterocycles. The fourth-order valence-corrected chi connectivity index (χ4v) is 2.66. The number of rotatable bonds is 3. The van der Waals surface area contributed by atoms with Gasteiger partial charge < -0.3 is 9.32 Å². The van der Waals surface area contributed by atoms with Crippen LogP contribution in [0.5, 0.6) is 0 Å². The Kier molecular flexibility index (Phi) is 3.97. The molecule has 6 heteroatoms. The van der Waals surface area contributed by atoms with Gasteiger partial charge in [0, 0.05) is 13.1 Å². The summed E-state index contributed by atoms with van der Waals surface area (Å²) in [4.78, 5) is 23.9. The van der Waals surface area contributed by atoms with Gasteiger partial charge in [-0.3, -0.25) is 14.9 Å². The quantitative estimate of drug-likeness (QED) is 0.642. The number of carbonyl (C=O) groups excluding carboxylic acids is 1. The molecule has 0 unspecified atom stereocenters. The molecule has 6 nitrogen and oxygen atoms in total. The van der Waals surface area contributed by atoms with E-state index in [9.17, 15) is 14.9 Å². The molecule has 0 N–H and O–H groups in total. The molecule has 0 saturated carbocycles. The van der Waals surface area contributed by atoms with Crippen molar-refractivity contribution in [3.8, 4) is 0 Å². The number of amides is 1. The summed E-state index contributed by atoms with van der Waals surface area (Å²) in [7, 11) is 0. The molecule has 2 heterocycles. The second-order valence-electron chi connectivity index (χ2n) is 5.50. The molecule has 0 radical (unpaired) electrons. The van der Waals surface area contributed by atoms with Crippen LogP contribution in [0.25, 0.3) is 5.57 Å². The number of nitro groups is 1. The van der Waals surface area contributed by atoms with Gasteiger partial charge in [-0.2, -0.15) is 0 Å². The number of hydrogen-bond acceptors (Lipinski definition) is 4. The van der Waals surface area contributed by atoms with Gasteiger partial charge in [-0.1, -0.05) is 35.9 Å². The van der Waals surface area contributed by atoms with Gasteiger partial charge >= 0.3 is 5.88 Å². The van der Waals surface area contributed by atoms with Crippen molar-refractivity contribution >= 4 is 17.4 Å². The SMILES string of the molecule is Cc1cccc(C2=CCN(C(=O)c3ccc([N+](=O)[O-])o3)CC2)c1. The molecule has 0 spiro atoms. The second-order valence-corrected chi connectivity index (χ2v) is 5.50. The van der Waals surface area contributed by atoms with E-state index in [1.54, 1.807) is 4.90 Å². The van der Waals surface area contributed by atoms with Crippen LogP contribution in [0.4, 0.5) is 5.88 Å². The maximum atomic E-state index is 12.3. The van der Waals surface area contributed by atoms with Gasteiger partial charge in [0.2, 0.25) is 0 Å². The molecule has 1 aromatic carbocycles. The summed E-state index contributed by atoms with van der Waals surface area (Å²) in [6.07, 6.45) is 2.77. The summed E-state index contributed by atoms with van der Waals surface area (Å²) in [6.45, 7) is 3.08. The van der Waals surface area contributed by atoms with E-state index in [-0.39, 0.29) is 11.7 Å². The molecule has 0 fully saturated rings. The molecule has 1 aromatic heterocycles. The molecule has 1 amide bonds. The Bertz CT molecular complexity index is 791. The fourth-order valence-electron chi connectivity index (χ4n) is 2.66. The predicted molar refractivity (Wildman–Crippen MR) is 85.0 cm³/mol. The minimum Gasteiger partial charge on any atom is -0.395 e. The van der Waals surface area contributed by atoms with Crippen LogP contribution in [0.2, 0.25) is 0 Å². The van der Waals surface area contributed by atoms with Crippen molar-refractivity contribution in [1.29, 1.82) is 0 Å². The van der Waals surface area contributed by atoms with Gasteiger partial charge in [-0.05, 0) is 30.5 Å². The first-order chi connectivity index (χ1) is 11.0. The van der Waals surface area contributed by atoms with Crippen LogP contribution >= 0.6 is 0 Å². The summed E-state index contributed by atoms with van der Waals surface area (Å²) in [5, 5.41) is 10.6. The van der Waals surface area contributed by atoms with E-state index in [0.717, 1.165) is 6.42 Å². The van der Waals surface area contributed by atoms with Gasteiger partial charge in [0.15, 0.2) is 5.76 Å². The number of nitrogens with zero attached hydrogens (tertiary/aromatic N) is 2. The average Bonchev–Trinajstić information content (AvgIpc) is 3.04. The van der Waals surface area contributed by atoms with Crippen molar-refractivity contribution < 1.29 is 14.1 Å². The zero-order chi connectivity index (χ0) is 16.4. The van der Waals surface area contributed by atoms with Crippen molar-refractivity contribution in [3.63, 3.8) is 0 Å². The summed E-state index contributed by atoms with van der Waals surface area (Å²) in [5.74, 6) is -0.733. The van der Waals surface area contributed by atoms with E-state index in [1.807, 2.05) is 25.1 Å². The van der Waals surface area contributed by atoms with Crippen LogP contribution < -0.4 is 0 Å². The lowest BCUT2D eigenvalue weighted by molar-refractivity contribution is -0.402. The molecule has 2 aromatic rings. The van der Waals surface area contributed by atoms with Gasteiger partial charge in [0.1, 0.15) is 4.92 Å². The lowest BCUT2D eigenvalue weighted by Crippen LogP contribution is -2.34. The Morgan fingerprint density at radius 2 is 2.13 bits per heavy atom. The van der Waals surface area contributed by atoms with E-state index in [0.29, 0.717) is 13.1 Å². The second kappa shape index (κ2) is 6.08. The molecule has 23 heavy (non-hydrogen) atoms. The van der Waals surface area contributed by atoms with Crippen LogP contribution in [0.1, 0.15) is 28.1 Å². The number of carbonyl (C=O) groups is 1. The molecule has 0 aliphatic carbocycles. The Labute approximate surface area is 133 Å². The van der Waals surface area contributed by atoms with Crippen molar-refractivity contribution in [3.05, 3.63) is 69.5 Å². The smallest absolute Gasteiger partial charge is 0.395 e. The average molecular weight is 312 g/mol. The normalized spacial score (nSPS) is 14.5. The fraction of sp³-hybridized carbons (Fsp3) is 0.235. The lowest BCUT2D eigenvalue weighted by atomic mass is 9.98. The Hall–Kier alpha value is -2.89. The van der Waals surface area contributed by atoms with Crippen LogP contribution in [0, 0.1) is 17.0 Å². The molecule has 118 valence electrons. The highest BCUT2D eigenvalue weighted by atomic mass is 16.6. The number of benzene rings is 1. The first-order valence-electron chi connectivity index (χ1n) is 7.34. The third-order valence-electron chi connectivity index (χ3n) is 3.87. The van der Waals surface area contributed by atoms with Crippen molar-refractivity contribution in [2.75, 3.05) is 13.1 Å².